The number of carbonyl (C=O) groups excluding carboxylic acids is 2. The third kappa shape index (κ3) is 5.87. The zero-order chi connectivity index (χ0) is 20.8. The highest BCUT2D eigenvalue weighted by Gasteiger charge is 2.32. The highest BCUT2D eigenvalue weighted by molar-refractivity contribution is 5.80. The molecule has 0 radical (unpaired) electrons. The highest BCUT2D eigenvalue weighted by Crippen LogP contribution is 2.23. The van der Waals surface area contributed by atoms with E-state index in [4.69, 9.17) is 4.74 Å². The molecule has 0 aliphatic carbocycles. The van der Waals surface area contributed by atoms with Crippen LogP contribution in [0.5, 0.6) is 5.75 Å². The van der Waals surface area contributed by atoms with E-state index >= 15 is 0 Å². The second kappa shape index (κ2) is 9.99. The lowest BCUT2D eigenvalue weighted by Crippen LogP contribution is -2.50. The molecule has 1 aromatic carbocycles. The molecule has 0 bridgehead atoms. The smallest absolute Gasteiger partial charge is 0.317 e. The molecule has 29 heavy (non-hydrogen) atoms. The molecule has 160 valence electrons. The lowest BCUT2D eigenvalue weighted by molar-refractivity contribution is -0.138. The summed E-state index contributed by atoms with van der Waals surface area (Å²) >= 11 is 0. The van der Waals surface area contributed by atoms with E-state index < -0.39 is 0 Å². The normalized spacial score (nSPS) is 21.6. The number of hydrogen-bond donors (Lipinski definition) is 1. The molecule has 6 nitrogen and oxygen atoms in total. The summed E-state index contributed by atoms with van der Waals surface area (Å²) in [6.45, 7) is 7.33. The fourth-order valence-electron chi connectivity index (χ4n) is 4.48. The van der Waals surface area contributed by atoms with Crippen LogP contribution in [0.1, 0.15) is 45.1 Å². The van der Waals surface area contributed by atoms with E-state index in [0.29, 0.717) is 24.9 Å². The van der Waals surface area contributed by atoms with Crippen LogP contribution in [0.25, 0.3) is 0 Å². The van der Waals surface area contributed by atoms with Gasteiger partial charge in [0, 0.05) is 38.1 Å². The van der Waals surface area contributed by atoms with Gasteiger partial charge in [0.15, 0.2) is 0 Å². The summed E-state index contributed by atoms with van der Waals surface area (Å²) in [5.74, 6) is 1.79. The van der Waals surface area contributed by atoms with Crippen molar-refractivity contribution in [3.05, 3.63) is 29.8 Å². The van der Waals surface area contributed by atoms with E-state index in [2.05, 4.69) is 12.2 Å². The van der Waals surface area contributed by atoms with E-state index in [1.54, 1.807) is 7.11 Å². The molecule has 0 saturated carbocycles. The predicted molar refractivity (Wildman–Crippen MR) is 114 cm³/mol. The first-order valence-corrected chi connectivity index (χ1v) is 10.9. The maximum Gasteiger partial charge on any atom is 0.317 e. The first kappa shape index (κ1) is 21.5. The zero-order valence-electron chi connectivity index (χ0n) is 18.0. The van der Waals surface area contributed by atoms with Gasteiger partial charge in [-0.3, -0.25) is 4.79 Å². The molecule has 6 heteroatoms. The summed E-state index contributed by atoms with van der Waals surface area (Å²) in [5.41, 5.74) is 1.14. The minimum atomic E-state index is -0.0297. The molecule has 2 fully saturated rings. The molecule has 0 spiro atoms. The monoisotopic (exact) mass is 401 g/mol. The Kier molecular flexibility index (Phi) is 7.40. The van der Waals surface area contributed by atoms with Crippen LogP contribution in [0.15, 0.2) is 24.3 Å². The van der Waals surface area contributed by atoms with Crippen molar-refractivity contribution in [2.24, 2.45) is 11.8 Å². The SMILES string of the molecule is COc1cccc(CC(C)NC(=O)N2CCC(C(=O)N3CCCC(C)C3)CC2)c1. The lowest BCUT2D eigenvalue weighted by Gasteiger charge is -2.37. The predicted octanol–water partition coefficient (Wildman–Crippen LogP) is 3.31. The average Bonchev–Trinajstić information content (AvgIpc) is 2.73. The fraction of sp³-hybridized carbons (Fsp3) is 0.652. The second-order valence-electron chi connectivity index (χ2n) is 8.70. The van der Waals surface area contributed by atoms with E-state index in [1.165, 1.54) is 6.42 Å². The van der Waals surface area contributed by atoms with Gasteiger partial charge in [0.25, 0.3) is 0 Å². The number of amides is 3. The average molecular weight is 402 g/mol. The number of carbonyl (C=O) groups is 2. The maximum atomic E-state index is 12.8. The lowest BCUT2D eigenvalue weighted by atomic mass is 9.93. The van der Waals surface area contributed by atoms with Crippen LogP contribution in [0.2, 0.25) is 0 Å². The summed E-state index contributed by atoms with van der Waals surface area (Å²) in [6.07, 6.45) is 4.61. The quantitative estimate of drug-likeness (QED) is 0.823. The topological polar surface area (TPSA) is 61.9 Å². The van der Waals surface area contributed by atoms with Gasteiger partial charge in [0.05, 0.1) is 7.11 Å². The van der Waals surface area contributed by atoms with Gasteiger partial charge in [-0.25, -0.2) is 4.79 Å². The van der Waals surface area contributed by atoms with Crippen LogP contribution in [-0.2, 0) is 11.2 Å². The van der Waals surface area contributed by atoms with Gasteiger partial charge < -0.3 is 19.9 Å². The Labute approximate surface area is 174 Å². The molecular weight excluding hydrogens is 366 g/mol. The minimum Gasteiger partial charge on any atom is -0.497 e. The number of nitrogens with one attached hydrogen (secondary N) is 1. The molecule has 1 N–H and O–H groups in total. The standard InChI is InChI=1S/C23H35N3O3/c1-17-6-5-11-26(16-17)22(27)20-9-12-25(13-10-20)23(28)24-18(2)14-19-7-4-8-21(15-19)29-3/h4,7-8,15,17-18,20H,5-6,9-14,16H2,1-3H3,(H,24,28). The Morgan fingerprint density at radius 1 is 1.17 bits per heavy atom. The summed E-state index contributed by atoms with van der Waals surface area (Å²) in [4.78, 5) is 29.3. The Bertz CT molecular complexity index is 700. The number of methoxy groups -OCH3 is 1. The van der Waals surface area contributed by atoms with Gasteiger partial charge >= 0.3 is 6.03 Å². The fourth-order valence-corrected chi connectivity index (χ4v) is 4.48. The van der Waals surface area contributed by atoms with Crippen LogP contribution in [0.3, 0.4) is 0 Å². The summed E-state index contributed by atoms with van der Waals surface area (Å²) < 4.78 is 5.27. The Balaban J connectivity index is 1.44. The van der Waals surface area contributed by atoms with Gasteiger partial charge in [0.2, 0.25) is 5.91 Å². The van der Waals surface area contributed by atoms with Crippen LogP contribution in [0, 0.1) is 11.8 Å². The summed E-state index contributed by atoms with van der Waals surface area (Å²) in [5, 5.41) is 3.10. The Morgan fingerprint density at radius 3 is 2.62 bits per heavy atom. The van der Waals surface area contributed by atoms with Crippen molar-refractivity contribution in [2.75, 3.05) is 33.3 Å². The number of urea groups is 1. The van der Waals surface area contributed by atoms with Crippen molar-refractivity contribution >= 4 is 11.9 Å². The maximum absolute atomic E-state index is 12.8. The number of likely N-dealkylation sites (tertiary alicyclic amines) is 2. The first-order valence-electron chi connectivity index (χ1n) is 10.9. The molecule has 2 saturated heterocycles. The molecule has 3 rings (SSSR count). The van der Waals surface area contributed by atoms with Crippen molar-refractivity contribution in [1.29, 1.82) is 0 Å². The van der Waals surface area contributed by atoms with Crippen LogP contribution < -0.4 is 10.1 Å². The molecular formula is C23H35N3O3. The molecule has 1 aromatic rings. The van der Waals surface area contributed by atoms with Crippen molar-refractivity contribution < 1.29 is 14.3 Å². The summed E-state index contributed by atoms with van der Waals surface area (Å²) in [7, 11) is 1.66. The van der Waals surface area contributed by atoms with Crippen molar-refractivity contribution in [3.8, 4) is 5.75 Å². The number of ether oxygens (including phenoxy) is 1. The molecule has 2 aliphatic heterocycles. The number of nitrogens with zero attached hydrogens (tertiary/aromatic N) is 2. The number of hydrogen-bond acceptors (Lipinski definition) is 3. The second-order valence-corrected chi connectivity index (χ2v) is 8.70. The van der Waals surface area contributed by atoms with E-state index in [9.17, 15) is 9.59 Å². The third-order valence-corrected chi connectivity index (χ3v) is 6.15. The van der Waals surface area contributed by atoms with Gasteiger partial charge in [0.1, 0.15) is 5.75 Å². The number of rotatable bonds is 5. The van der Waals surface area contributed by atoms with E-state index in [1.807, 2.05) is 41.0 Å². The first-order chi connectivity index (χ1) is 14.0. The minimum absolute atomic E-state index is 0.0297. The van der Waals surface area contributed by atoms with Crippen LogP contribution >= 0.6 is 0 Å². The third-order valence-electron chi connectivity index (χ3n) is 6.15. The molecule has 3 amide bonds. The van der Waals surface area contributed by atoms with Crippen LogP contribution in [-0.4, -0.2) is 61.1 Å². The highest BCUT2D eigenvalue weighted by atomic mass is 16.5. The van der Waals surface area contributed by atoms with E-state index in [-0.39, 0.29) is 18.0 Å². The Hall–Kier alpha value is -2.24. The van der Waals surface area contributed by atoms with Crippen molar-refractivity contribution in [2.45, 2.75) is 52.0 Å². The Morgan fingerprint density at radius 2 is 1.93 bits per heavy atom. The van der Waals surface area contributed by atoms with Gasteiger partial charge in [-0.15, -0.1) is 0 Å². The van der Waals surface area contributed by atoms with E-state index in [0.717, 1.165) is 50.1 Å². The van der Waals surface area contributed by atoms with Crippen molar-refractivity contribution in [1.82, 2.24) is 15.1 Å². The summed E-state index contributed by atoms with van der Waals surface area (Å²) in [6, 6.07) is 7.93. The largest absolute Gasteiger partial charge is 0.497 e. The molecule has 2 aliphatic rings. The molecule has 2 heterocycles. The van der Waals surface area contributed by atoms with Gasteiger partial charge in [-0.05, 0) is 62.6 Å². The van der Waals surface area contributed by atoms with Gasteiger partial charge in [-0.1, -0.05) is 19.1 Å². The molecule has 2 atom stereocenters. The number of benzene rings is 1. The van der Waals surface area contributed by atoms with Crippen LogP contribution in [0.4, 0.5) is 4.79 Å². The number of piperidine rings is 2. The van der Waals surface area contributed by atoms with Crippen molar-refractivity contribution in [3.63, 3.8) is 0 Å². The molecule has 0 aromatic heterocycles. The molecule has 2 unspecified atom stereocenters. The van der Waals surface area contributed by atoms with Gasteiger partial charge in [-0.2, -0.15) is 0 Å². The zero-order valence-corrected chi connectivity index (χ0v) is 18.0.